The van der Waals surface area contributed by atoms with E-state index < -0.39 is 0 Å². The monoisotopic (exact) mass is 376 g/mol. The highest BCUT2D eigenvalue weighted by molar-refractivity contribution is 5.83. The van der Waals surface area contributed by atoms with Crippen molar-refractivity contribution in [1.82, 2.24) is 9.97 Å². The number of anilines is 1. The number of hydrogen-bond acceptors (Lipinski definition) is 4. The number of aromatic nitrogens is 2. The zero-order chi connectivity index (χ0) is 20.2. The van der Waals surface area contributed by atoms with E-state index in [1.54, 1.807) is 6.20 Å². The Kier molecular flexibility index (Phi) is 5.05. The maximum Gasteiger partial charge on any atom is 0.102 e. The van der Waals surface area contributed by atoms with E-state index in [4.69, 9.17) is 4.98 Å². The molecule has 0 aliphatic heterocycles. The number of pyridine rings is 2. The highest BCUT2D eigenvalue weighted by Gasteiger charge is 2.17. The zero-order valence-electron chi connectivity index (χ0n) is 16.4. The molecule has 2 aromatic heterocycles. The summed E-state index contributed by atoms with van der Waals surface area (Å²) in [5, 5.41) is 10.0. The Morgan fingerprint density at radius 2 is 1.52 bits per heavy atom. The molecule has 0 unspecified atom stereocenters. The Bertz CT molecular complexity index is 1160. The van der Waals surface area contributed by atoms with Crippen LogP contribution in [0.15, 0.2) is 85.1 Å². The molecule has 2 aromatic carbocycles. The van der Waals surface area contributed by atoms with Gasteiger partial charge in [0.15, 0.2) is 0 Å². The van der Waals surface area contributed by atoms with E-state index in [1.165, 1.54) is 0 Å². The molecule has 0 amide bonds. The zero-order valence-corrected chi connectivity index (χ0v) is 16.4. The van der Waals surface area contributed by atoms with Gasteiger partial charge in [-0.15, -0.1) is 0 Å². The lowest BCUT2D eigenvalue weighted by atomic mass is 9.95. The maximum atomic E-state index is 10.0. The molecule has 0 fully saturated rings. The SMILES string of the molecule is CN(C)c1ccc(-c2cc(-c3ccccn3)nc(-c3ccccc3)c2C#N)cc1. The molecule has 0 spiro atoms. The van der Waals surface area contributed by atoms with Gasteiger partial charge in [0, 0.05) is 37.1 Å². The number of nitriles is 1. The number of benzene rings is 2. The van der Waals surface area contributed by atoms with E-state index in [0.717, 1.165) is 33.8 Å². The molecular formula is C25H20N4. The van der Waals surface area contributed by atoms with Gasteiger partial charge in [-0.3, -0.25) is 4.98 Å². The van der Waals surface area contributed by atoms with Crippen LogP contribution in [0.1, 0.15) is 5.56 Å². The number of hydrogen-bond donors (Lipinski definition) is 0. The van der Waals surface area contributed by atoms with E-state index in [1.807, 2.05) is 80.8 Å². The summed E-state index contributed by atoms with van der Waals surface area (Å²) in [5.41, 5.74) is 6.60. The van der Waals surface area contributed by atoms with Gasteiger partial charge in [0.25, 0.3) is 0 Å². The minimum atomic E-state index is 0.563. The van der Waals surface area contributed by atoms with Crippen molar-refractivity contribution in [3.63, 3.8) is 0 Å². The Hall–Kier alpha value is -3.97. The van der Waals surface area contributed by atoms with Crippen molar-refractivity contribution < 1.29 is 0 Å². The molecule has 0 atom stereocenters. The number of nitrogens with zero attached hydrogens (tertiary/aromatic N) is 4. The Balaban J connectivity index is 1.97. The summed E-state index contributed by atoms with van der Waals surface area (Å²) >= 11 is 0. The second-order valence-electron chi connectivity index (χ2n) is 6.91. The van der Waals surface area contributed by atoms with Gasteiger partial charge < -0.3 is 4.90 Å². The summed E-state index contributed by atoms with van der Waals surface area (Å²) in [5.74, 6) is 0. The van der Waals surface area contributed by atoms with Crippen molar-refractivity contribution in [2.24, 2.45) is 0 Å². The van der Waals surface area contributed by atoms with Crippen LogP contribution in [0.5, 0.6) is 0 Å². The van der Waals surface area contributed by atoms with Gasteiger partial charge in [-0.05, 0) is 35.9 Å². The van der Waals surface area contributed by atoms with Crippen LogP contribution < -0.4 is 4.90 Å². The Morgan fingerprint density at radius 1 is 0.793 bits per heavy atom. The average molecular weight is 376 g/mol. The lowest BCUT2D eigenvalue weighted by molar-refractivity contribution is 1.13. The molecule has 140 valence electrons. The molecule has 0 radical (unpaired) electrons. The van der Waals surface area contributed by atoms with Crippen LogP contribution in [-0.2, 0) is 0 Å². The summed E-state index contributed by atoms with van der Waals surface area (Å²) < 4.78 is 0. The van der Waals surface area contributed by atoms with Crippen molar-refractivity contribution in [3.8, 4) is 39.8 Å². The lowest BCUT2D eigenvalue weighted by Gasteiger charge is -2.15. The summed E-state index contributed by atoms with van der Waals surface area (Å²) in [6, 6.07) is 28.1. The molecule has 4 aromatic rings. The molecule has 4 nitrogen and oxygen atoms in total. The van der Waals surface area contributed by atoms with Gasteiger partial charge in [-0.25, -0.2) is 4.98 Å². The summed E-state index contributed by atoms with van der Waals surface area (Å²) in [6.45, 7) is 0. The maximum absolute atomic E-state index is 10.0. The van der Waals surface area contributed by atoms with Gasteiger partial charge >= 0.3 is 0 Å². The van der Waals surface area contributed by atoms with E-state index >= 15 is 0 Å². The van der Waals surface area contributed by atoms with Gasteiger partial charge in [0.05, 0.1) is 22.6 Å². The van der Waals surface area contributed by atoms with E-state index in [-0.39, 0.29) is 0 Å². The normalized spacial score (nSPS) is 10.4. The van der Waals surface area contributed by atoms with Crippen LogP contribution >= 0.6 is 0 Å². The first-order chi connectivity index (χ1) is 14.2. The average Bonchev–Trinajstić information content (AvgIpc) is 2.79. The van der Waals surface area contributed by atoms with E-state index in [9.17, 15) is 5.26 Å². The quantitative estimate of drug-likeness (QED) is 0.477. The van der Waals surface area contributed by atoms with Crippen molar-refractivity contribution in [3.05, 3.63) is 90.6 Å². The topological polar surface area (TPSA) is 52.8 Å². The summed E-state index contributed by atoms with van der Waals surface area (Å²) in [7, 11) is 4.02. The molecule has 2 heterocycles. The molecular weight excluding hydrogens is 356 g/mol. The van der Waals surface area contributed by atoms with Crippen molar-refractivity contribution in [2.45, 2.75) is 0 Å². The van der Waals surface area contributed by atoms with Crippen LogP contribution in [0.25, 0.3) is 33.8 Å². The standard InChI is InChI=1S/C25H20N4/c1-29(2)20-13-11-18(12-14-20)21-16-24(23-10-6-7-15-27-23)28-25(22(21)17-26)19-8-4-3-5-9-19/h3-16H,1-2H3. The second-order valence-corrected chi connectivity index (χ2v) is 6.91. The van der Waals surface area contributed by atoms with Crippen molar-refractivity contribution in [1.29, 1.82) is 5.26 Å². The number of rotatable bonds is 4. The predicted octanol–water partition coefficient (Wildman–Crippen LogP) is 5.42. The van der Waals surface area contributed by atoms with Crippen LogP contribution in [0.2, 0.25) is 0 Å². The largest absolute Gasteiger partial charge is 0.378 e. The molecule has 29 heavy (non-hydrogen) atoms. The second kappa shape index (κ2) is 7.95. The van der Waals surface area contributed by atoms with E-state index in [0.29, 0.717) is 11.3 Å². The third kappa shape index (κ3) is 3.71. The van der Waals surface area contributed by atoms with Gasteiger partial charge in [-0.2, -0.15) is 5.26 Å². The Morgan fingerprint density at radius 3 is 2.14 bits per heavy atom. The smallest absolute Gasteiger partial charge is 0.102 e. The molecule has 0 N–H and O–H groups in total. The minimum absolute atomic E-state index is 0.563. The molecule has 0 aliphatic carbocycles. The lowest BCUT2D eigenvalue weighted by Crippen LogP contribution is -2.08. The minimum Gasteiger partial charge on any atom is -0.378 e. The van der Waals surface area contributed by atoms with Gasteiger partial charge in [0.2, 0.25) is 0 Å². The van der Waals surface area contributed by atoms with Gasteiger partial charge in [0.1, 0.15) is 6.07 Å². The first-order valence-electron chi connectivity index (χ1n) is 9.37. The fourth-order valence-electron chi connectivity index (χ4n) is 3.28. The van der Waals surface area contributed by atoms with Crippen LogP contribution in [-0.4, -0.2) is 24.1 Å². The van der Waals surface area contributed by atoms with Gasteiger partial charge in [-0.1, -0.05) is 48.5 Å². The van der Waals surface area contributed by atoms with Crippen molar-refractivity contribution in [2.75, 3.05) is 19.0 Å². The van der Waals surface area contributed by atoms with Crippen molar-refractivity contribution >= 4 is 5.69 Å². The fraction of sp³-hybridized carbons (Fsp3) is 0.0800. The highest BCUT2D eigenvalue weighted by atomic mass is 15.1. The van der Waals surface area contributed by atoms with E-state index in [2.05, 4.69) is 28.1 Å². The molecule has 0 aliphatic rings. The molecule has 0 saturated carbocycles. The summed E-state index contributed by atoms with van der Waals surface area (Å²) in [6.07, 6.45) is 1.75. The van der Waals surface area contributed by atoms with Crippen LogP contribution in [0.3, 0.4) is 0 Å². The molecule has 4 rings (SSSR count). The fourth-order valence-corrected chi connectivity index (χ4v) is 3.28. The third-order valence-electron chi connectivity index (χ3n) is 4.80. The first kappa shape index (κ1) is 18.4. The molecule has 0 bridgehead atoms. The molecule has 4 heteroatoms. The third-order valence-corrected chi connectivity index (χ3v) is 4.80. The summed E-state index contributed by atoms with van der Waals surface area (Å²) in [4.78, 5) is 11.3. The molecule has 0 saturated heterocycles. The Labute approximate surface area is 170 Å². The van der Waals surface area contributed by atoms with Crippen LogP contribution in [0, 0.1) is 11.3 Å². The first-order valence-corrected chi connectivity index (χ1v) is 9.37. The van der Waals surface area contributed by atoms with Crippen LogP contribution in [0.4, 0.5) is 5.69 Å². The highest BCUT2D eigenvalue weighted by Crippen LogP contribution is 2.34. The predicted molar refractivity (Wildman–Crippen MR) is 117 cm³/mol.